The van der Waals surface area contributed by atoms with Gasteiger partial charge in [-0.25, -0.2) is 0 Å². The number of rotatable bonds is 5. The molecule has 0 unspecified atom stereocenters. The van der Waals surface area contributed by atoms with E-state index in [1.165, 1.54) is 24.8 Å². The zero-order valence-electron chi connectivity index (χ0n) is 14.8. The lowest BCUT2D eigenvalue weighted by atomic mass is 9.90. The predicted molar refractivity (Wildman–Crippen MR) is 108 cm³/mol. The fourth-order valence-corrected chi connectivity index (χ4v) is 3.63. The van der Waals surface area contributed by atoms with Gasteiger partial charge < -0.3 is 15.0 Å². The van der Waals surface area contributed by atoms with Crippen LogP contribution in [0.4, 0.5) is 5.69 Å². The van der Waals surface area contributed by atoms with Crippen LogP contribution in [0.15, 0.2) is 54.6 Å². The molecule has 0 spiro atoms. The highest BCUT2D eigenvalue weighted by Gasteiger charge is 2.21. The highest BCUT2D eigenvalue weighted by atomic mass is 32.1. The van der Waals surface area contributed by atoms with E-state index in [0.717, 1.165) is 35.6 Å². The van der Waals surface area contributed by atoms with Crippen molar-refractivity contribution in [1.82, 2.24) is 4.90 Å². The third-order valence-electron chi connectivity index (χ3n) is 4.70. The normalized spacial score (nSPS) is 15.0. The molecule has 1 N–H and O–H groups in total. The van der Waals surface area contributed by atoms with Crippen LogP contribution in [0.25, 0.3) is 0 Å². The molecular weight excluding hydrogens is 328 g/mol. The molecule has 3 rings (SSSR count). The standard InChI is InChI=1S/C21H26N2OS/c1-2-24-20-11-7-6-10-19(20)22-21(25)23-14-12-18(13-15-23)16-17-8-4-3-5-9-17/h3-11,18H,2,12-16H2,1H3,(H,22,25). The third kappa shape index (κ3) is 4.95. The van der Waals surface area contributed by atoms with Crippen molar-refractivity contribution < 1.29 is 4.74 Å². The Morgan fingerprint density at radius 2 is 1.76 bits per heavy atom. The molecule has 132 valence electrons. The summed E-state index contributed by atoms with van der Waals surface area (Å²) in [6, 6.07) is 18.7. The molecule has 1 aliphatic rings. The van der Waals surface area contributed by atoms with Gasteiger partial charge in [-0.2, -0.15) is 0 Å². The maximum atomic E-state index is 5.67. The zero-order valence-corrected chi connectivity index (χ0v) is 15.6. The van der Waals surface area contributed by atoms with Gasteiger partial charge in [0.15, 0.2) is 5.11 Å². The molecule has 4 heteroatoms. The number of hydrogen-bond acceptors (Lipinski definition) is 2. The van der Waals surface area contributed by atoms with Gasteiger partial charge in [0.05, 0.1) is 12.3 Å². The Balaban J connectivity index is 1.52. The number of anilines is 1. The van der Waals surface area contributed by atoms with Crippen molar-refractivity contribution in [2.24, 2.45) is 5.92 Å². The lowest BCUT2D eigenvalue weighted by Crippen LogP contribution is -2.41. The van der Waals surface area contributed by atoms with Crippen LogP contribution in [-0.4, -0.2) is 29.7 Å². The van der Waals surface area contributed by atoms with Gasteiger partial charge in [-0.15, -0.1) is 0 Å². The molecule has 3 nitrogen and oxygen atoms in total. The van der Waals surface area contributed by atoms with Crippen molar-refractivity contribution in [2.45, 2.75) is 26.2 Å². The van der Waals surface area contributed by atoms with Crippen molar-refractivity contribution >= 4 is 23.0 Å². The number of hydrogen-bond donors (Lipinski definition) is 1. The van der Waals surface area contributed by atoms with Crippen molar-refractivity contribution in [3.63, 3.8) is 0 Å². The highest BCUT2D eigenvalue weighted by molar-refractivity contribution is 7.80. The fourth-order valence-electron chi connectivity index (χ4n) is 3.33. The van der Waals surface area contributed by atoms with Crippen molar-refractivity contribution in [1.29, 1.82) is 0 Å². The summed E-state index contributed by atoms with van der Waals surface area (Å²) in [4.78, 5) is 2.28. The summed E-state index contributed by atoms with van der Waals surface area (Å²) in [7, 11) is 0. The molecule has 2 aromatic carbocycles. The number of thiocarbonyl (C=S) groups is 1. The smallest absolute Gasteiger partial charge is 0.173 e. The molecule has 1 saturated heterocycles. The monoisotopic (exact) mass is 354 g/mol. The van der Waals surface area contributed by atoms with E-state index in [9.17, 15) is 0 Å². The van der Waals surface area contributed by atoms with E-state index >= 15 is 0 Å². The zero-order chi connectivity index (χ0) is 17.5. The molecular formula is C21H26N2OS. The molecule has 1 fully saturated rings. The van der Waals surface area contributed by atoms with E-state index in [4.69, 9.17) is 17.0 Å². The Bertz CT molecular complexity index is 681. The van der Waals surface area contributed by atoms with Crippen LogP contribution in [0.2, 0.25) is 0 Å². The molecule has 0 saturated carbocycles. The Hall–Kier alpha value is -2.07. The van der Waals surface area contributed by atoms with E-state index in [1.54, 1.807) is 0 Å². The highest BCUT2D eigenvalue weighted by Crippen LogP contribution is 2.26. The van der Waals surface area contributed by atoms with Crippen LogP contribution in [0.5, 0.6) is 5.75 Å². The Morgan fingerprint density at radius 1 is 1.08 bits per heavy atom. The minimum atomic E-state index is 0.649. The fraction of sp³-hybridized carbons (Fsp3) is 0.381. The van der Waals surface area contributed by atoms with Gasteiger partial charge in [-0.3, -0.25) is 0 Å². The Kier molecular flexibility index (Phi) is 6.29. The predicted octanol–water partition coefficient (Wildman–Crippen LogP) is 4.74. The SMILES string of the molecule is CCOc1ccccc1NC(=S)N1CCC(Cc2ccccc2)CC1. The molecule has 0 amide bonds. The van der Waals surface area contributed by atoms with E-state index in [-0.39, 0.29) is 0 Å². The summed E-state index contributed by atoms with van der Waals surface area (Å²) in [5.74, 6) is 1.60. The van der Waals surface area contributed by atoms with Crippen molar-refractivity contribution in [3.8, 4) is 5.75 Å². The number of ether oxygens (including phenoxy) is 1. The Labute approximate surface area is 156 Å². The first-order valence-corrected chi connectivity index (χ1v) is 9.48. The van der Waals surface area contributed by atoms with Crippen LogP contribution in [0.3, 0.4) is 0 Å². The van der Waals surface area contributed by atoms with Crippen LogP contribution in [0, 0.1) is 5.92 Å². The van der Waals surface area contributed by atoms with Gasteiger partial charge in [-0.05, 0) is 62.0 Å². The average molecular weight is 355 g/mol. The minimum Gasteiger partial charge on any atom is -0.492 e. The molecule has 0 aliphatic carbocycles. The first-order chi connectivity index (χ1) is 12.3. The van der Waals surface area contributed by atoms with Crippen LogP contribution >= 0.6 is 12.2 Å². The molecule has 1 heterocycles. The summed E-state index contributed by atoms with van der Waals surface area (Å²) in [5, 5.41) is 4.16. The first-order valence-electron chi connectivity index (χ1n) is 9.08. The topological polar surface area (TPSA) is 24.5 Å². The van der Waals surface area contributed by atoms with Crippen molar-refractivity contribution in [3.05, 3.63) is 60.2 Å². The summed E-state index contributed by atoms with van der Waals surface area (Å²) in [5.41, 5.74) is 2.38. The van der Waals surface area contributed by atoms with Gasteiger partial charge in [0.25, 0.3) is 0 Å². The molecule has 2 aromatic rings. The second kappa shape index (κ2) is 8.86. The number of nitrogens with zero attached hydrogens (tertiary/aromatic N) is 1. The molecule has 0 aromatic heterocycles. The van der Waals surface area contributed by atoms with Gasteiger partial charge in [-0.1, -0.05) is 42.5 Å². The second-order valence-corrected chi connectivity index (χ2v) is 6.87. The average Bonchev–Trinajstić information content (AvgIpc) is 2.65. The van der Waals surface area contributed by atoms with E-state index in [0.29, 0.717) is 6.61 Å². The molecule has 25 heavy (non-hydrogen) atoms. The second-order valence-electron chi connectivity index (χ2n) is 6.48. The van der Waals surface area contributed by atoms with E-state index in [2.05, 4.69) is 40.5 Å². The Morgan fingerprint density at radius 3 is 2.48 bits per heavy atom. The van der Waals surface area contributed by atoms with Crippen LogP contribution < -0.4 is 10.1 Å². The largest absolute Gasteiger partial charge is 0.492 e. The third-order valence-corrected chi connectivity index (χ3v) is 5.06. The number of benzene rings is 2. The van der Waals surface area contributed by atoms with Gasteiger partial charge >= 0.3 is 0 Å². The maximum absolute atomic E-state index is 5.67. The molecule has 1 aliphatic heterocycles. The van der Waals surface area contributed by atoms with E-state index in [1.807, 2.05) is 31.2 Å². The number of nitrogens with one attached hydrogen (secondary N) is 1. The van der Waals surface area contributed by atoms with Gasteiger partial charge in [0.1, 0.15) is 5.75 Å². The van der Waals surface area contributed by atoms with E-state index < -0.39 is 0 Å². The lowest BCUT2D eigenvalue weighted by Gasteiger charge is -2.34. The van der Waals surface area contributed by atoms with Crippen molar-refractivity contribution in [2.75, 3.05) is 25.0 Å². The van der Waals surface area contributed by atoms with Crippen LogP contribution in [0.1, 0.15) is 25.3 Å². The molecule has 0 bridgehead atoms. The summed E-state index contributed by atoms with van der Waals surface area (Å²) < 4.78 is 5.67. The van der Waals surface area contributed by atoms with Gasteiger partial charge in [0, 0.05) is 13.1 Å². The summed E-state index contributed by atoms with van der Waals surface area (Å²) in [6.45, 7) is 4.67. The first kappa shape index (κ1) is 17.7. The number of para-hydroxylation sites is 2. The summed E-state index contributed by atoms with van der Waals surface area (Å²) >= 11 is 5.63. The minimum absolute atomic E-state index is 0.649. The lowest BCUT2D eigenvalue weighted by molar-refractivity contribution is 0.268. The molecule has 0 radical (unpaired) electrons. The molecule has 0 atom stereocenters. The number of piperidine rings is 1. The quantitative estimate of drug-likeness (QED) is 0.784. The summed E-state index contributed by atoms with van der Waals surface area (Å²) in [6.07, 6.45) is 3.54. The van der Waals surface area contributed by atoms with Gasteiger partial charge in [0.2, 0.25) is 0 Å². The van der Waals surface area contributed by atoms with Crippen LogP contribution in [-0.2, 0) is 6.42 Å². The number of likely N-dealkylation sites (tertiary alicyclic amines) is 1. The maximum Gasteiger partial charge on any atom is 0.173 e.